The van der Waals surface area contributed by atoms with Crippen LogP contribution in [0.25, 0.3) is 0 Å². The number of benzene rings is 2. The summed E-state index contributed by atoms with van der Waals surface area (Å²) in [4.78, 5) is 12.2. The normalized spacial score (nSPS) is 11.9. The van der Waals surface area contributed by atoms with Crippen molar-refractivity contribution in [2.75, 3.05) is 5.75 Å². The highest BCUT2D eigenvalue weighted by molar-refractivity contribution is 7.99. The highest BCUT2D eigenvalue weighted by Crippen LogP contribution is 2.19. The molecule has 0 aliphatic carbocycles. The summed E-state index contributed by atoms with van der Waals surface area (Å²) in [7, 11) is 1.82. The summed E-state index contributed by atoms with van der Waals surface area (Å²) < 4.78 is 20.5. The Hall–Kier alpha value is -2.58. The van der Waals surface area contributed by atoms with Gasteiger partial charge in [-0.1, -0.05) is 35.5 Å². The van der Waals surface area contributed by atoms with Crippen LogP contribution in [0.1, 0.15) is 24.4 Å². The molecule has 6 nitrogen and oxygen atoms in total. The van der Waals surface area contributed by atoms with Crippen molar-refractivity contribution in [2.45, 2.75) is 24.7 Å². The summed E-state index contributed by atoms with van der Waals surface area (Å²) in [5.74, 6) is 1.06. The summed E-state index contributed by atoms with van der Waals surface area (Å²) >= 11 is 7.14. The minimum Gasteiger partial charge on any atom is -0.486 e. The maximum Gasteiger partial charge on any atom is 0.230 e. The first-order chi connectivity index (χ1) is 13.9. The maximum atomic E-state index is 13.0. The number of carbonyl (C=O) groups excluding carboxylic acids is 1. The Bertz CT molecular complexity index is 964. The topological polar surface area (TPSA) is 69.0 Å². The molecule has 3 rings (SSSR count). The Labute approximate surface area is 177 Å². The molecule has 1 atom stereocenters. The lowest BCUT2D eigenvalue weighted by Crippen LogP contribution is -2.28. The highest BCUT2D eigenvalue weighted by atomic mass is 35.5. The van der Waals surface area contributed by atoms with Crippen LogP contribution in [-0.4, -0.2) is 26.4 Å². The third-order valence-corrected chi connectivity index (χ3v) is 5.46. The first kappa shape index (κ1) is 21.1. The van der Waals surface area contributed by atoms with Gasteiger partial charge in [-0.15, -0.1) is 10.2 Å². The lowest BCUT2D eigenvalue weighted by molar-refractivity contribution is -0.119. The standard InChI is InChI=1S/C20H20ClFN4O2S/c1-13(14-3-7-16(22)8-4-14)23-19(27)12-29-20-25-24-18(26(20)2)11-28-17-9-5-15(21)6-10-17/h3-10,13H,11-12H2,1-2H3,(H,23,27)/t13-/m1/s1. The predicted octanol–water partition coefficient (Wildman–Crippen LogP) is 4.16. The molecule has 0 saturated carbocycles. The molecule has 3 aromatic rings. The van der Waals surface area contributed by atoms with E-state index in [-0.39, 0.29) is 30.1 Å². The predicted molar refractivity (Wildman–Crippen MR) is 110 cm³/mol. The summed E-state index contributed by atoms with van der Waals surface area (Å²) in [6, 6.07) is 12.9. The molecule has 0 bridgehead atoms. The molecule has 29 heavy (non-hydrogen) atoms. The average Bonchev–Trinajstić information content (AvgIpc) is 3.06. The van der Waals surface area contributed by atoms with E-state index >= 15 is 0 Å². The quantitative estimate of drug-likeness (QED) is 0.539. The zero-order chi connectivity index (χ0) is 20.8. The van der Waals surface area contributed by atoms with Crippen molar-refractivity contribution in [2.24, 2.45) is 7.05 Å². The minimum absolute atomic E-state index is 0.145. The number of hydrogen-bond donors (Lipinski definition) is 1. The molecule has 1 amide bonds. The fraction of sp³-hybridized carbons (Fsp3) is 0.250. The van der Waals surface area contributed by atoms with Gasteiger partial charge in [-0.3, -0.25) is 4.79 Å². The van der Waals surface area contributed by atoms with Gasteiger partial charge in [0.25, 0.3) is 0 Å². The lowest BCUT2D eigenvalue weighted by Gasteiger charge is -2.14. The maximum absolute atomic E-state index is 13.0. The third-order valence-electron chi connectivity index (χ3n) is 4.19. The number of nitrogens with zero attached hydrogens (tertiary/aromatic N) is 3. The van der Waals surface area contributed by atoms with Gasteiger partial charge in [0.15, 0.2) is 11.0 Å². The molecule has 0 saturated heterocycles. The van der Waals surface area contributed by atoms with E-state index in [4.69, 9.17) is 16.3 Å². The SMILES string of the molecule is C[C@@H](NC(=O)CSc1nnc(COc2ccc(Cl)cc2)n1C)c1ccc(F)cc1. The van der Waals surface area contributed by atoms with E-state index in [1.165, 1.54) is 23.9 Å². The van der Waals surface area contributed by atoms with E-state index in [0.29, 0.717) is 21.8 Å². The smallest absolute Gasteiger partial charge is 0.230 e. The Morgan fingerprint density at radius 3 is 2.59 bits per heavy atom. The fourth-order valence-corrected chi connectivity index (χ4v) is 3.39. The van der Waals surface area contributed by atoms with Gasteiger partial charge < -0.3 is 14.6 Å². The van der Waals surface area contributed by atoms with Crippen molar-refractivity contribution in [1.29, 1.82) is 0 Å². The molecular weight excluding hydrogens is 415 g/mol. The number of aromatic nitrogens is 3. The number of rotatable bonds is 8. The summed E-state index contributed by atoms with van der Waals surface area (Å²) in [5, 5.41) is 12.4. The van der Waals surface area contributed by atoms with E-state index in [9.17, 15) is 9.18 Å². The number of hydrogen-bond acceptors (Lipinski definition) is 5. The molecular formula is C20H20ClFN4O2S. The highest BCUT2D eigenvalue weighted by Gasteiger charge is 2.14. The van der Waals surface area contributed by atoms with Crippen molar-refractivity contribution < 1.29 is 13.9 Å². The third kappa shape index (κ3) is 5.95. The second-order valence-corrected chi connectivity index (χ2v) is 7.71. The van der Waals surface area contributed by atoms with Crippen LogP contribution in [0.4, 0.5) is 4.39 Å². The van der Waals surface area contributed by atoms with Gasteiger partial charge >= 0.3 is 0 Å². The van der Waals surface area contributed by atoms with Crippen LogP contribution in [0.15, 0.2) is 53.7 Å². The molecule has 1 aromatic heterocycles. The Morgan fingerprint density at radius 1 is 1.21 bits per heavy atom. The summed E-state index contributed by atoms with van der Waals surface area (Å²) in [6.07, 6.45) is 0. The number of ether oxygens (including phenoxy) is 1. The number of amides is 1. The largest absolute Gasteiger partial charge is 0.486 e. The molecule has 0 aliphatic rings. The van der Waals surface area contributed by atoms with Gasteiger partial charge in [0, 0.05) is 12.1 Å². The van der Waals surface area contributed by atoms with Gasteiger partial charge in [-0.05, 0) is 48.9 Å². The van der Waals surface area contributed by atoms with Crippen LogP contribution >= 0.6 is 23.4 Å². The Balaban J connectivity index is 1.49. The molecule has 0 spiro atoms. The molecule has 0 aliphatic heterocycles. The van der Waals surface area contributed by atoms with Crippen molar-refractivity contribution in [1.82, 2.24) is 20.1 Å². The van der Waals surface area contributed by atoms with Gasteiger partial charge in [0.1, 0.15) is 18.2 Å². The van der Waals surface area contributed by atoms with E-state index in [1.54, 1.807) is 41.0 Å². The minimum atomic E-state index is -0.305. The number of nitrogens with one attached hydrogen (secondary N) is 1. The number of halogens is 2. The van der Waals surface area contributed by atoms with Crippen molar-refractivity contribution in [3.63, 3.8) is 0 Å². The fourth-order valence-electron chi connectivity index (χ4n) is 2.52. The molecule has 0 radical (unpaired) electrons. The van der Waals surface area contributed by atoms with Crippen molar-refractivity contribution in [3.05, 3.63) is 70.8 Å². The lowest BCUT2D eigenvalue weighted by atomic mass is 10.1. The van der Waals surface area contributed by atoms with Crippen molar-refractivity contribution >= 4 is 29.3 Å². The van der Waals surface area contributed by atoms with Crippen LogP contribution in [0.2, 0.25) is 5.02 Å². The van der Waals surface area contributed by atoms with E-state index in [2.05, 4.69) is 15.5 Å². The molecule has 1 N–H and O–H groups in total. The molecule has 9 heteroatoms. The van der Waals surface area contributed by atoms with Crippen LogP contribution in [0, 0.1) is 5.82 Å². The molecule has 0 unspecified atom stereocenters. The van der Waals surface area contributed by atoms with Crippen LogP contribution in [0.5, 0.6) is 5.75 Å². The Kier molecular flexibility index (Phi) is 7.11. The van der Waals surface area contributed by atoms with Gasteiger partial charge in [0.05, 0.1) is 11.8 Å². The van der Waals surface area contributed by atoms with Crippen LogP contribution in [-0.2, 0) is 18.4 Å². The second-order valence-electron chi connectivity index (χ2n) is 6.33. The molecule has 0 fully saturated rings. The zero-order valence-corrected chi connectivity index (χ0v) is 17.5. The Morgan fingerprint density at radius 2 is 1.90 bits per heavy atom. The van der Waals surface area contributed by atoms with Gasteiger partial charge in [-0.25, -0.2) is 4.39 Å². The number of carbonyl (C=O) groups is 1. The molecule has 1 heterocycles. The average molecular weight is 435 g/mol. The van der Waals surface area contributed by atoms with E-state index in [1.807, 2.05) is 14.0 Å². The van der Waals surface area contributed by atoms with Gasteiger partial charge in [-0.2, -0.15) is 0 Å². The van der Waals surface area contributed by atoms with Gasteiger partial charge in [0.2, 0.25) is 5.91 Å². The van der Waals surface area contributed by atoms with Crippen LogP contribution in [0.3, 0.4) is 0 Å². The van der Waals surface area contributed by atoms with Crippen molar-refractivity contribution in [3.8, 4) is 5.75 Å². The zero-order valence-electron chi connectivity index (χ0n) is 15.9. The monoisotopic (exact) mass is 434 g/mol. The molecule has 2 aromatic carbocycles. The van der Waals surface area contributed by atoms with E-state index in [0.717, 1.165) is 5.56 Å². The number of thioether (sulfide) groups is 1. The first-order valence-corrected chi connectivity index (χ1v) is 10.2. The van der Waals surface area contributed by atoms with Crippen LogP contribution < -0.4 is 10.1 Å². The second kappa shape index (κ2) is 9.76. The summed E-state index contributed by atoms with van der Waals surface area (Å²) in [5.41, 5.74) is 0.838. The first-order valence-electron chi connectivity index (χ1n) is 8.86. The molecule has 152 valence electrons. The van der Waals surface area contributed by atoms with E-state index < -0.39 is 0 Å². The summed E-state index contributed by atoms with van der Waals surface area (Å²) in [6.45, 7) is 2.10.